The Morgan fingerprint density at radius 3 is 2.82 bits per heavy atom. The van der Waals surface area contributed by atoms with Gasteiger partial charge < -0.3 is 10.1 Å². The molecule has 1 fully saturated rings. The third-order valence-electron chi connectivity index (χ3n) is 4.02. The smallest absolute Gasteiger partial charge is 0.388 e. The van der Waals surface area contributed by atoms with Gasteiger partial charge in [0.05, 0.1) is 0 Å². The minimum absolute atomic E-state index is 0.133. The Hall–Kier alpha value is -1.46. The third-order valence-corrected chi connectivity index (χ3v) is 4.21. The highest BCUT2D eigenvalue weighted by Crippen LogP contribution is 2.29. The number of fused-ring (bicyclic) bond motifs is 1. The number of ether oxygens (including phenoxy) is 1. The van der Waals surface area contributed by atoms with E-state index in [0.717, 1.165) is 30.0 Å². The molecule has 3 nitrogen and oxygen atoms in total. The summed E-state index contributed by atoms with van der Waals surface area (Å²) in [6, 6.07) is 7.22. The van der Waals surface area contributed by atoms with Gasteiger partial charge in [0.1, 0.15) is 5.15 Å². The summed E-state index contributed by atoms with van der Waals surface area (Å²) in [5, 5.41) is 4.85. The molecule has 3 rings (SSSR count). The predicted molar refractivity (Wildman–Crippen MR) is 82.4 cm³/mol. The Morgan fingerprint density at radius 1 is 1.32 bits per heavy atom. The molecule has 1 saturated carbocycles. The quantitative estimate of drug-likeness (QED) is 0.800. The Balaban J connectivity index is 1.76. The molecule has 0 unspecified atom stereocenters. The van der Waals surface area contributed by atoms with Crippen LogP contribution in [0.2, 0.25) is 5.15 Å². The summed E-state index contributed by atoms with van der Waals surface area (Å²) < 4.78 is 29.3. The summed E-state index contributed by atoms with van der Waals surface area (Å²) in [6.07, 6.45) is 3.95. The lowest BCUT2D eigenvalue weighted by atomic mass is 9.85. The lowest BCUT2D eigenvalue weighted by molar-refractivity contribution is -0.0516. The van der Waals surface area contributed by atoms with Gasteiger partial charge in [0.15, 0.2) is 0 Å². The van der Waals surface area contributed by atoms with Crippen LogP contribution in [-0.2, 0) is 6.54 Å². The number of rotatable bonds is 6. The van der Waals surface area contributed by atoms with Crippen molar-refractivity contribution in [3.63, 3.8) is 0 Å². The summed E-state index contributed by atoms with van der Waals surface area (Å²) in [4.78, 5) is 3.82. The maximum atomic E-state index is 12.4. The Morgan fingerprint density at radius 2 is 2.14 bits per heavy atom. The van der Waals surface area contributed by atoms with Crippen molar-refractivity contribution in [1.29, 1.82) is 0 Å². The lowest BCUT2D eigenvalue weighted by Crippen LogP contribution is -2.26. The van der Waals surface area contributed by atoms with Crippen molar-refractivity contribution in [2.75, 3.05) is 6.54 Å². The van der Waals surface area contributed by atoms with E-state index < -0.39 is 6.61 Å². The van der Waals surface area contributed by atoms with E-state index in [-0.39, 0.29) is 11.0 Å². The van der Waals surface area contributed by atoms with Gasteiger partial charge in [0.25, 0.3) is 0 Å². The number of halogens is 3. The van der Waals surface area contributed by atoms with Gasteiger partial charge in [-0.3, -0.25) is 0 Å². The molecule has 1 N–H and O–H groups in total. The van der Waals surface area contributed by atoms with Crippen LogP contribution in [0.3, 0.4) is 0 Å². The van der Waals surface area contributed by atoms with E-state index in [1.54, 1.807) is 12.1 Å². The van der Waals surface area contributed by atoms with Gasteiger partial charge in [-0.2, -0.15) is 8.78 Å². The first kappa shape index (κ1) is 15.4. The maximum Gasteiger partial charge on any atom is 0.388 e. The van der Waals surface area contributed by atoms with Crippen molar-refractivity contribution < 1.29 is 13.5 Å². The van der Waals surface area contributed by atoms with E-state index in [0.29, 0.717) is 5.39 Å². The molecule has 2 aromatic rings. The molecule has 22 heavy (non-hydrogen) atoms. The molecule has 1 aliphatic carbocycles. The first-order valence-corrected chi connectivity index (χ1v) is 7.74. The number of nitrogens with zero attached hydrogens (tertiary/aromatic N) is 1. The van der Waals surface area contributed by atoms with Crippen LogP contribution in [0.1, 0.15) is 24.8 Å². The summed E-state index contributed by atoms with van der Waals surface area (Å²) in [6.45, 7) is -1.15. The number of nitrogens with one attached hydrogen (secondary N) is 1. The zero-order valence-electron chi connectivity index (χ0n) is 12.0. The normalized spacial score (nSPS) is 15.3. The van der Waals surface area contributed by atoms with Gasteiger partial charge in [-0.25, -0.2) is 4.98 Å². The average molecular weight is 327 g/mol. The van der Waals surface area contributed by atoms with Crippen LogP contribution in [0.4, 0.5) is 8.78 Å². The van der Waals surface area contributed by atoms with Crippen LogP contribution < -0.4 is 10.1 Å². The average Bonchev–Trinajstić information content (AvgIpc) is 2.40. The zero-order chi connectivity index (χ0) is 15.5. The SMILES string of the molecule is FC(F)Oc1nc(Cl)cc2cc(CNCC3CCC3)ccc12. The second-order valence-electron chi connectivity index (χ2n) is 5.61. The van der Waals surface area contributed by atoms with Gasteiger partial charge >= 0.3 is 6.61 Å². The minimum Gasteiger partial charge on any atom is -0.416 e. The third kappa shape index (κ3) is 3.65. The number of hydrogen-bond acceptors (Lipinski definition) is 3. The van der Waals surface area contributed by atoms with Crippen LogP contribution in [0.15, 0.2) is 24.3 Å². The molecule has 0 radical (unpaired) electrons. The van der Waals surface area contributed by atoms with E-state index >= 15 is 0 Å². The molecule has 0 spiro atoms. The van der Waals surface area contributed by atoms with E-state index in [1.807, 2.05) is 12.1 Å². The Labute approximate surface area is 132 Å². The van der Waals surface area contributed by atoms with Crippen molar-refractivity contribution in [1.82, 2.24) is 10.3 Å². The maximum absolute atomic E-state index is 12.4. The molecule has 0 bridgehead atoms. The van der Waals surface area contributed by atoms with Crippen LogP contribution in [0, 0.1) is 5.92 Å². The number of hydrogen-bond donors (Lipinski definition) is 1. The first-order valence-electron chi connectivity index (χ1n) is 7.36. The molecule has 1 aliphatic rings. The van der Waals surface area contributed by atoms with E-state index in [1.165, 1.54) is 19.3 Å². The highest BCUT2D eigenvalue weighted by atomic mass is 35.5. The van der Waals surface area contributed by atoms with Crippen LogP contribution in [0.25, 0.3) is 10.8 Å². The number of benzene rings is 1. The topological polar surface area (TPSA) is 34.1 Å². The summed E-state index contributed by atoms with van der Waals surface area (Å²) >= 11 is 5.88. The minimum atomic E-state index is -2.92. The van der Waals surface area contributed by atoms with Crippen molar-refractivity contribution in [3.8, 4) is 5.88 Å². The fourth-order valence-corrected chi connectivity index (χ4v) is 2.84. The molecular weight excluding hydrogens is 310 g/mol. The summed E-state index contributed by atoms with van der Waals surface area (Å²) in [7, 11) is 0. The first-order chi connectivity index (χ1) is 10.6. The second-order valence-corrected chi connectivity index (χ2v) is 6.00. The van der Waals surface area contributed by atoms with Gasteiger partial charge in [-0.05, 0) is 54.5 Å². The zero-order valence-corrected chi connectivity index (χ0v) is 12.7. The van der Waals surface area contributed by atoms with Crippen LogP contribution >= 0.6 is 11.6 Å². The summed E-state index contributed by atoms with van der Waals surface area (Å²) in [5.74, 6) is 0.664. The fourth-order valence-electron chi connectivity index (χ4n) is 2.65. The molecule has 6 heteroatoms. The van der Waals surface area contributed by atoms with Crippen molar-refractivity contribution in [2.45, 2.75) is 32.4 Å². The van der Waals surface area contributed by atoms with Crippen LogP contribution in [-0.4, -0.2) is 18.1 Å². The predicted octanol–water partition coefficient (Wildman–Crippen LogP) is 4.38. The van der Waals surface area contributed by atoms with Gasteiger partial charge in [-0.1, -0.05) is 24.1 Å². The van der Waals surface area contributed by atoms with Crippen molar-refractivity contribution in [2.24, 2.45) is 5.92 Å². The molecule has 1 aromatic carbocycles. The molecule has 1 heterocycles. The Bertz CT molecular complexity index is 662. The largest absolute Gasteiger partial charge is 0.416 e. The number of alkyl halides is 2. The number of pyridine rings is 1. The highest BCUT2D eigenvalue weighted by molar-refractivity contribution is 6.30. The van der Waals surface area contributed by atoms with Gasteiger partial charge in [0, 0.05) is 11.9 Å². The number of aromatic nitrogens is 1. The highest BCUT2D eigenvalue weighted by Gasteiger charge is 2.16. The molecule has 1 aromatic heterocycles. The molecule has 0 amide bonds. The van der Waals surface area contributed by atoms with Crippen LogP contribution in [0.5, 0.6) is 5.88 Å². The van der Waals surface area contributed by atoms with Gasteiger partial charge in [-0.15, -0.1) is 0 Å². The molecule has 0 aliphatic heterocycles. The summed E-state index contributed by atoms with van der Waals surface area (Å²) in [5.41, 5.74) is 1.08. The molecule has 118 valence electrons. The van der Waals surface area contributed by atoms with Gasteiger partial charge in [0.2, 0.25) is 5.88 Å². The standard InChI is InChI=1S/C16H17ClF2N2O/c17-14-7-12-6-11(9-20-8-10-2-1-3-10)4-5-13(12)15(21-14)22-16(18)19/h4-7,10,16,20H,1-3,8-9H2. The van der Waals surface area contributed by atoms with Crippen molar-refractivity contribution >= 4 is 22.4 Å². The van der Waals surface area contributed by atoms with Crippen molar-refractivity contribution in [3.05, 3.63) is 35.0 Å². The molecule has 0 saturated heterocycles. The van der Waals surface area contributed by atoms with E-state index in [4.69, 9.17) is 11.6 Å². The molecular formula is C16H17ClF2N2O. The monoisotopic (exact) mass is 326 g/mol. The second kappa shape index (κ2) is 6.75. The lowest BCUT2D eigenvalue weighted by Gasteiger charge is -2.25. The van der Waals surface area contributed by atoms with E-state index in [9.17, 15) is 8.78 Å². The molecule has 0 atom stereocenters. The Kier molecular flexibility index (Phi) is 4.74. The van der Waals surface area contributed by atoms with E-state index in [2.05, 4.69) is 15.0 Å². The fraction of sp³-hybridized carbons (Fsp3) is 0.438.